The molecule has 242 valence electrons. The minimum absolute atomic E-state index is 0.348. The molecule has 0 saturated heterocycles. The molecule has 0 fully saturated rings. The van der Waals surface area contributed by atoms with Crippen molar-refractivity contribution >= 4 is 92.6 Å². The van der Waals surface area contributed by atoms with Crippen LogP contribution in [0.2, 0.25) is 0 Å². The average Bonchev–Trinajstić information content (AvgIpc) is 3.88. The molecule has 0 bridgehead atoms. The van der Waals surface area contributed by atoms with E-state index < -0.39 is 0 Å². The molecule has 3 heterocycles. The highest BCUT2D eigenvalue weighted by Gasteiger charge is 2.17. The Morgan fingerprint density at radius 3 is 1.96 bits per heavy atom. The van der Waals surface area contributed by atoms with E-state index in [0.717, 1.165) is 19.3 Å². The van der Waals surface area contributed by atoms with Gasteiger partial charge in [0, 0.05) is 55.7 Å². The summed E-state index contributed by atoms with van der Waals surface area (Å²) in [7, 11) is 0. The first kappa shape index (κ1) is 29.6. The van der Waals surface area contributed by atoms with E-state index >= 15 is 0 Å². The predicted molar refractivity (Wildman–Crippen MR) is 226 cm³/mol. The molecular formula is C48H32S3. The molecule has 2 aliphatic rings. The molecule has 0 aliphatic heterocycles. The zero-order valence-corrected chi connectivity index (χ0v) is 30.3. The highest BCUT2D eigenvalue weighted by molar-refractivity contribution is 7.25. The van der Waals surface area contributed by atoms with Crippen LogP contribution < -0.4 is 9.75 Å². The van der Waals surface area contributed by atoms with Crippen LogP contribution in [0.5, 0.6) is 0 Å². The zero-order chi connectivity index (χ0) is 33.5. The summed E-state index contributed by atoms with van der Waals surface area (Å²) in [5.74, 6) is 0.348. The van der Waals surface area contributed by atoms with Gasteiger partial charge >= 0.3 is 0 Å². The van der Waals surface area contributed by atoms with Crippen molar-refractivity contribution in [1.82, 2.24) is 0 Å². The van der Waals surface area contributed by atoms with Gasteiger partial charge in [0.2, 0.25) is 0 Å². The molecule has 51 heavy (non-hydrogen) atoms. The topological polar surface area (TPSA) is 0 Å². The summed E-state index contributed by atoms with van der Waals surface area (Å²) in [4.78, 5) is 1.53. The fourth-order valence-corrected chi connectivity index (χ4v) is 11.6. The van der Waals surface area contributed by atoms with Gasteiger partial charge in [-0.25, -0.2) is 0 Å². The van der Waals surface area contributed by atoms with Gasteiger partial charge in [0.25, 0.3) is 0 Å². The van der Waals surface area contributed by atoms with Gasteiger partial charge in [-0.1, -0.05) is 103 Å². The fourth-order valence-electron chi connectivity index (χ4n) is 8.24. The number of allylic oxidation sites excluding steroid dienone is 1. The molecule has 0 amide bonds. The minimum atomic E-state index is 0.348. The summed E-state index contributed by atoms with van der Waals surface area (Å²) in [6.45, 7) is 0. The van der Waals surface area contributed by atoms with Gasteiger partial charge in [-0.3, -0.25) is 0 Å². The first-order valence-corrected chi connectivity index (χ1v) is 20.3. The van der Waals surface area contributed by atoms with Crippen molar-refractivity contribution in [2.24, 2.45) is 0 Å². The highest BCUT2D eigenvalue weighted by Crippen LogP contribution is 2.40. The van der Waals surface area contributed by atoms with Crippen LogP contribution >= 0.6 is 34.0 Å². The Morgan fingerprint density at radius 1 is 0.490 bits per heavy atom. The minimum Gasteiger partial charge on any atom is -0.140 e. The van der Waals surface area contributed by atoms with Crippen molar-refractivity contribution < 1.29 is 0 Å². The molecule has 3 aromatic heterocycles. The number of hydrogen-bond acceptors (Lipinski definition) is 3. The van der Waals surface area contributed by atoms with Crippen LogP contribution in [0.3, 0.4) is 0 Å². The molecule has 0 N–H and O–H groups in total. The molecule has 1 unspecified atom stereocenters. The lowest BCUT2D eigenvalue weighted by Gasteiger charge is -2.15. The van der Waals surface area contributed by atoms with E-state index in [9.17, 15) is 0 Å². The third-order valence-corrected chi connectivity index (χ3v) is 14.4. The SMILES string of the molecule is C1=Cc2c(sc3ccc(-c4cccc(-c5ccc6sc7c(c6c5)=CC(c5cccc(-c6ccc8sc9ccccc9c8c6)c5)CC=7)c4)cc23)CC1. The Bertz CT molecular complexity index is 3020. The first-order valence-electron chi connectivity index (χ1n) is 17.8. The summed E-state index contributed by atoms with van der Waals surface area (Å²) in [5, 5.41) is 6.85. The van der Waals surface area contributed by atoms with E-state index in [1.54, 1.807) is 0 Å². The van der Waals surface area contributed by atoms with Gasteiger partial charge in [-0.15, -0.1) is 34.0 Å². The summed E-state index contributed by atoms with van der Waals surface area (Å²) >= 11 is 5.77. The Balaban J connectivity index is 0.946. The van der Waals surface area contributed by atoms with Crippen molar-refractivity contribution in [3.63, 3.8) is 0 Å². The van der Waals surface area contributed by atoms with E-state index in [4.69, 9.17) is 0 Å². The second-order valence-corrected chi connectivity index (χ2v) is 17.2. The molecule has 0 radical (unpaired) electrons. The molecule has 11 rings (SSSR count). The maximum atomic E-state index is 2.54. The van der Waals surface area contributed by atoms with Crippen molar-refractivity contribution in [1.29, 1.82) is 0 Å². The van der Waals surface area contributed by atoms with Crippen LogP contribution in [0.25, 0.3) is 92.0 Å². The van der Waals surface area contributed by atoms with Crippen LogP contribution in [0.4, 0.5) is 0 Å². The normalized spacial score (nSPS) is 15.3. The summed E-state index contributed by atoms with van der Waals surface area (Å²) in [5.41, 5.74) is 10.5. The highest BCUT2D eigenvalue weighted by atomic mass is 32.1. The van der Waals surface area contributed by atoms with Crippen molar-refractivity contribution in [2.45, 2.75) is 25.2 Å². The van der Waals surface area contributed by atoms with Gasteiger partial charge in [-0.2, -0.15) is 0 Å². The van der Waals surface area contributed by atoms with Gasteiger partial charge < -0.3 is 0 Å². The van der Waals surface area contributed by atoms with Crippen molar-refractivity contribution in [3.8, 4) is 33.4 Å². The molecule has 9 aromatic rings. The molecule has 0 nitrogen and oxygen atoms in total. The maximum absolute atomic E-state index is 2.54. The quantitative estimate of drug-likeness (QED) is 0.171. The number of rotatable bonds is 4. The second kappa shape index (κ2) is 11.7. The van der Waals surface area contributed by atoms with E-state index in [-0.39, 0.29) is 0 Å². The average molecular weight is 705 g/mol. The Labute approximate surface area is 308 Å². The number of benzene rings is 6. The maximum Gasteiger partial charge on any atom is 0.0355 e. The second-order valence-electron chi connectivity index (χ2n) is 13.9. The number of fused-ring (bicyclic) bond motifs is 9. The number of thiophene rings is 3. The van der Waals surface area contributed by atoms with Crippen molar-refractivity contribution in [3.05, 3.63) is 159 Å². The molecule has 2 aliphatic carbocycles. The first-order chi connectivity index (χ1) is 25.2. The van der Waals surface area contributed by atoms with Gasteiger partial charge in [-0.05, 0) is 118 Å². The van der Waals surface area contributed by atoms with Crippen LogP contribution in [0, 0.1) is 0 Å². The van der Waals surface area contributed by atoms with Gasteiger partial charge in [0.15, 0.2) is 0 Å². The smallest absolute Gasteiger partial charge is 0.0355 e. The number of aryl methyl sites for hydroxylation is 1. The van der Waals surface area contributed by atoms with E-state index in [1.165, 1.54) is 99.5 Å². The fraction of sp³-hybridized carbons (Fsp3) is 0.0833. The summed E-state index contributed by atoms with van der Waals surface area (Å²) < 4.78 is 6.86. The lowest BCUT2D eigenvalue weighted by molar-refractivity contribution is 0.926. The molecule has 0 saturated carbocycles. The summed E-state index contributed by atoms with van der Waals surface area (Å²) in [6.07, 6.45) is 13.0. The molecule has 6 aromatic carbocycles. The largest absolute Gasteiger partial charge is 0.140 e. The van der Waals surface area contributed by atoms with Gasteiger partial charge in [0.05, 0.1) is 0 Å². The number of hydrogen-bond donors (Lipinski definition) is 0. The summed E-state index contributed by atoms with van der Waals surface area (Å²) in [6, 6.07) is 48.2. The standard InChI is InChI=1S/C48H32S3/c1-3-13-43-37(11-1)39-25-33(15-19-45(39)49-43)29-7-5-9-31(23-29)35-17-21-47-41(27-35)42-28-36(18-22-48(42)51-47)32-10-6-8-30(24-32)34-16-20-46-40(26-34)38-12-2-4-14-44(38)50-46/h1-3,5-13,15-16,18-28,35H,4,14,17H2. The van der Waals surface area contributed by atoms with E-state index in [1.807, 2.05) is 34.0 Å². The van der Waals surface area contributed by atoms with Gasteiger partial charge in [0.1, 0.15) is 0 Å². The van der Waals surface area contributed by atoms with Crippen LogP contribution in [-0.2, 0) is 6.42 Å². The zero-order valence-electron chi connectivity index (χ0n) is 27.9. The molecular weight excluding hydrogens is 673 g/mol. The van der Waals surface area contributed by atoms with Crippen LogP contribution in [0.1, 0.15) is 34.8 Å². The third-order valence-electron chi connectivity index (χ3n) is 10.9. The molecule has 1 atom stereocenters. The Hall–Kier alpha value is -5.06. The monoisotopic (exact) mass is 704 g/mol. The lowest BCUT2D eigenvalue weighted by Crippen LogP contribution is -2.23. The Kier molecular flexibility index (Phi) is 6.83. The molecule has 3 heteroatoms. The van der Waals surface area contributed by atoms with Crippen LogP contribution in [-0.4, -0.2) is 0 Å². The van der Waals surface area contributed by atoms with Crippen LogP contribution in [0.15, 0.2) is 133 Å². The van der Waals surface area contributed by atoms with Crippen molar-refractivity contribution in [2.75, 3.05) is 0 Å². The van der Waals surface area contributed by atoms with E-state index in [2.05, 4.69) is 152 Å². The van der Waals surface area contributed by atoms with E-state index in [0.29, 0.717) is 5.92 Å². The predicted octanol–water partition coefficient (Wildman–Crippen LogP) is 13.2. The molecule has 0 spiro atoms. The Morgan fingerprint density at radius 2 is 1.14 bits per heavy atom. The third kappa shape index (κ3) is 4.98. The lowest BCUT2D eigenvalue weighted by atomic mass is 9.89.